The molecule has 16 heavy (non-hydrogen) atoms. The number of aromatic nitrogens is 4. The second-order valence-electron chi connectivity index (χ2n) is 3.67. The van der Waals surface area contributed by atoms with Gasteiger partial charge in [0.2, 0.25) is 5.16 Å². The van der Waals surface area contributed by atoms with Crippen LogP contribution in [0.15, 0.2) is 5.16 Å². The molecule has 0 spiro atoms. The van der Waals surface area contributed by atoms with Crippen molar-refractivity contribution in [3.63, 3.8) is 0 Å². The Kier molecular flexibility index (Phi) is 3.76. The van der Waals surface area contributed by atoms with E-state index >= 15 is 0 Å². The van der Waals surface area contributed by atoms with E-state index in [1.165, 1.54) is 20.0 Å². The molecule has 0 aromatic carbocycles. The van der Waals surface area contributed by atoms with Crippen LogP contribution >= 0.6 is 11.8 Å². The van der Waals surface area contributed by atoms with Gasteiger partial charge < -0.3 is 4.74 Å². The standard InChI is InChI=1S/C9H14N4O2S/c1-15-8(14)3-2-6-16-9-10-11-12-13(9)7-4-5-7/h7H,2-6H2,1H3. The van der Waals surface area contributed by atoms with E-state index in [4.69, 9.17) is 0 Å². The lowest BCUT2D eigenvalue weighted by Crippen LogP contribution is -2.01. The molecule has 7 heteroatoms. The van der Waals surface area contributed by atoms with Gasteiger partial charge in [0.15, 0.2) is 0 Å². The normalized spacial score (nSPS) is 15.1. The van der Waals surface area contributed by atoms with E-state index in [2.05, 4.69) is 20.3 Å². The maximum Gasteiger partial charge on any atom is 0.305 e. The van der Waals surface area contributed by atoms with Crippen LogP contribution in [0, 0.1) is 0 Å². The Morgan fingerprint density at radius 3 is 3.12 bits per heavy atom. The highest BCUT2D eigenvalue weighted by Crippen LogP contribution is 2.36. The van der Waals surface area contributed by atoms with Crippen molar-refractivity contribution in [1.29, 1.82) is 0 Å². The van der Waals surface area contributed by atoms with Crippen molar-refractivity contribution < 1.29 is 9.53 Å². The minimum atomic E-state index is -0.164. The van der Waals surface area contributed by atoms with Crippen LogP contribution in [0.3, 0.4) is 0 Å². The molecule has 2 rings (SSSR count). The number of carbonyl (C=O) groups is 1. The first kappa shape index (κ1) is 11.4. The molecule has 6 nitrogen and oxygen atoms in total. The number of methoxy groups -OCH3 is 1. The lowest BCUT2D eigenvalue weighted by atomic mass is 10.3. The Hall–Kier alpha value is -1.11. The van der Waals surface area contributed by atoms with Crippen molar-refractivity contribution in [3.05, 3.63) is 0 Å². The molecular formula is C9H14N4O2S. The van der Waals surface area contributed by atoms with Gasteiger partial charge >= 0.3 is 5.97 Å². The van der Waals surface area contributed by atoms with E-state index in [1.807, 2.05) is 4.68 Å². The number of tetrazole rings is 1. The van der Waals surface area contributed by atoms with E-state index in [0.717, 1.165) is 17.3 Å². The van der Waals surface area contributed by atoms with Crippen LogP contribution in [0.2, 0.25) is 0 Å². The number of hydrogen-bond donors (Lipinski definition) is 0. The number of carbonyl (C=O) groups excluding carboxylic acids is 1. The Labute approximate surface area is 97.7 Å². The molecule has 0 radical (unpaired) electrons. The summed E-state index contributed by atoms with van der Waals surface area (Å²) in [7, 11) is 1.41. The Morgan fingerprint density at radius 1 is 1.62 bits per heavy atom. The van der Waals surface area contributed by atoms with Crippen LogP contribution in [0.1, 0.15) is 31.7 Å². The molecule has 1 saturated carbocycles. The fourth-order valence-corrected chi connectivity index (χ4v) is 2.19. The van der Waals surface area contributed by atoms with Gasteiger partial charge in [-0.1, -0.05) is 11.8 Å². The highest BCUT2D eigenvalue weighted by molar-refractivity contribution is 7.99. The SMILES string of the molecule is COC(=O)CCCSc1nnnn1C1CC1. The number of hydrogen-bond acceptors (Lipinski definition) is 6. The van der Waals surface area contributed by atoms with Crippen LogP contribution < -0.4 is 0 Å². The minimum absolute atomic E-state index is 0.164. The number of esters is 1. The molecule has 1 fully saturated rings. The number of rotatable bonds is 6. The number of nitrogens with zero attached hydrogens (tertiary/aromatic N) is 4. The van der Waals surface area contributed by atoms with Crippen molar-refractivity contribution in [2.24, 2.45) is 0 Å². The topological polar surface area (TPSA) is 69.9 Å². The molecule has 0 bridgehead atoms. The molecule has 0 unspecified atom stereocenters. The average molecular weight is 242 g/mol. The summed E-state index contributed by atoms with van der Waals surface area (Å²) in [6.45, 7) is 0. The summed E-state index contributed by atoms with van der Waals surface area (Å²) < 4.78 is 6.44. The van der Waals surface area contributed by atoms with Crippen molar-refractivity contribution in [2.75, 3.05) is 12.9 Å². The highest BCUT2D eigenvalue weighted by atomic mass is 32.2. The third-order valence-electron chi connectivity index (χ3n) is 2.34. The highest BCUT2D eigenvalue weighted by Gasteiger charge is 2.27. The fraction of sp³-hybridized carbons (Fsp3) is 0.778. The summed E-state index contributed by atoms with van der Waals surface area (Å²) in [5.74, 6) is 0.671. The molecule has 1 aromatic rings. The Morgan fingerprint density at radius 2 is 2.44 bits per heavy atom. The van der Waals surface area contributed by atoms with Gasteiger partial charge in [-0.25, -0.2) is 4.68 Å². The fourth-order valence-electron chi connectivity index (χ4n) is 1.31. The van der Waals surface area contributed by atoms with Crippen molar-refractivity contribution in [3.8, 4) is 0 Å². The molecule has 1 aromatic heterocycles. The average Bonchev–Trinajstić information content (AvgIpc) is 3.04. The van der Waals surface area contributed by atoms with E-state index in [0.29, 0.717) is 12.5 Å². The van der Waals surface area contributed by atoms with Crippen molar-refractivity contribution in [2.45, 2.75) is 36.9 Å². The third-order valence-corrected chi connectivity index (χ3v) is 3.36. The zero-order chi connectivity index (χ0) is 11.4. The number of ether oxygens (including phenoxy) is 1. The smallest absolute Gasteiger partial charge is 0.305 e. The quantitative estimate of drug-likeness (QED) is 0.422. The molecule has 1 heterocycles. The molecule has 0 aliphatic heterocycles. The lowest BCUT2D eigenvalue weighted by molar-refractivity contribution is -0.140. The summed E-state index contributed by atoms with van der Waals surface area (Å²) in [4.78, 5) is 10.9. The van der Waals surface area contributed by atoms with E-state index in [9.17, 15) is 4.79 Å². The summed E-state index contributed by atoms with van der Waals surface area (Å²) in [5.41, 5.74) is 0. The first-order valence-electron chi connectivity index (χ1n) is 5.28. The summed E-state index contributed by atoms with van der Waals surface area (Å²) in [6, 6.07) is 0.498. The van der Waals surface area contributed by atoms with Crippen molar-refractivity contribution in [1.82, 2.24) is 20.2 Å². The van der Waals surface area contributed by atoms with Gasteiger partial charge in [0.25, 0.3) is 0 Å². The van der Waals surface area contributed by atoms with Crippen LogP contribution in [0.25, 0.3) is 0 Å². The van der Waals surface area contributed by atoms with E-state index in [-0.39, 0.29) is 5.97 Å². The maximum atomic E-state index is 10.9. The molecule has 0 saturated heterocycles. The molecule has 0 N–H and O–H groups in total. The van der Waals surface area contributed by atoms with E-state index in [1.54, 1.807) is 11.8 Å². The van der Waals surface area contributed by atoms with Gasteiger partial charge in [0.05, 0.1) is 13.2 Å². The Balaban J connectivity index is 1.72. The monoisotopic (exact) mass is 242 g/mol. The largest absolute Gasteiger partial charge is 0.469 e. The predicted molar refractivity (Wildman–Crippen MR) is 58.1 cm³/mol. The molecule has 0 amide bonds. The van der Waals surface area contributed by atoms with Gasteiger partial charge in [-0.15, -0.1) is 5.10 Å². The van der Waals surface area contributed by atoms with Gasteiger partial charge in [0.1, 0.15) is 0 Å². The van der Waals surface area contributed by atoms with E-state index < -0.39 is 0 Å². The molecular weight excluding hydrogens is 228 g/mol. The molecule has 0 atom stereocenters. The third kappa shape index (κ3) is 2.94. The van der Waals surface area contributed by atoms with Crippen LogP contribution in [0.4, 0.5) is 0 Å². The molecule has 1 aliphatic carbocycles. The maximum absolute atomic E-state index is 10.9. The molecule has 88 valence electrons. The second-order valence-corrected chi connectivity index (χ2v) is 4.73. The second kappa shape index (κ2) is 5.29. The van der Waals surface area contributed by atoms with Gasteiger partial charge in [0, 0.05) is 12.2 Å². The minimum Gasteiger partial charge on any atom is -0.469 e. The zero-order valence-corrected chi connectivity index (χ0v) is 9.94. The first-order valence-corrected chi connectivity index (χ1v) is 6.27. The van der Waals surface area contributed by atoms with Gasteiger partial charge in [-0.3, -0.25) is 4.79 Å². The predicted octanol–water partition coefficient (Wildman–Crippen LogP) is 1.05. The summed E-state index contributed by atoms with van der Waals surface area (Å²) >= 11 is 1.59. The van der Waals surface area contributed by atoms with Gasteiger partial charge in [-0.2, -0.15) is 0 Å². The molecule has 1 aliphatic rings. The summed E-state index contributed by atoms with van der Waals surface area (Å²) in [6.07, 6.45) is 3.57. The zero-order valence-electron chi connectivity index (χ0n) is 9.13. The van der Waals surface area contributed by atoms with Gasteiger partial charge in [-0.05, 0) is 29.7 Å². The first-order chi connectivity index (χ1) is 7.81. The van der Waals surface area contributed by atoms with Crippen molar-refractivity contribution >= 4 is 17.7 Å². The Bertz CT molecular complexity index is 364. The lowest BCUT2D eigenvalue weighted by Gasteiger charge is -2.01. The number of thioether (sulfide) groups is 1. The van der Waals surface area contributed by atoms with Crippen LogP contribution in [0.5, 0.6) is 0 Å². The van der Waals surface area contributed by atoms with Crippen LogP contribution in [-0.2, 0) is 9.53 Å². The summed E-state index contributed by atoms with van der Waals surface area (Å²) in [5, 5.41) is 12.4. The van der Waals surface area contributed by atoms with Crippen LogP contribution in [-0.4, -0.2) is 39.0 Å².